The average molecular weight is 1650 g/mol. The number of phosphoric ester groups is 2. The number of rotatable bonds is 93. The Labute approximate surface area is 696 Å². The van der Waals surface area contributed by atoms with Gasteiger partial charge in [0, 0.05) is 25.7 Å². The van der Waals surface area contributed by atoms with Gasteiger partial charge in [0.05, 0.1) is 26.4 Å². The van der Waals surface area contributed by atoms with Crippen LogP contribution in [-0.2, 0) is 65.4 Å². The van der Waals surface area contributed by atoms with Crippen LogP contribution in [0, 0.1) is 11.8 Å². The molecule has 113 heavy (non-hydrogen) atoms. The fraction of sp³-hybridized carbons (Fsp3) is 0.957. The summed E-state index contributed by atoms with van der Waals surface area (Å²) in [6.45, 7) is 9.79. The van der Waals surface area contributed by atoms with Crippen molar-refractivity contribution in [2.75, 3.05) is 39.6 Å². The molecular weight excluding hydrogens is 1460 g/mol. The highest BCUT2D eigenvalue weighted by Crippen LogP contribution is 2.45. The predicted octanol–water partition coefficient (Wildman–Crippen LogP) is 29.4. The minimum absolute atomic E-state index is 0.108. The fourth-order valence-corrected chi connectivity index (χ4v) is 16.3. The lowest BCUT2D eigenvalue weighted by Crippen LogP contribution is -2.30. The summed E-state index contributed by atoms with van der Waals surface area (Å²) in [5.74, 6) is -0.445. The average Bonchev–Trinajstić information content (AvgIpc) is 0.903. The predicted molar refractivity (Wildman–Crippen MR) is 469 cm³/mol. The maximum atomic E-state index is 13.2. The Morgan fingerprint density at radius 3 is 0.628 bits per heavy atom. The number of unbranched alkanes of at least 4 members (excludes halogenated alkanes) is 61. The molecule has 0 radical (unpaired) electrons. The van der Waals surface area contributed by atoms with E-state index in [1.807, 2.05) is 0 Å². The molecule has 0 heterocycles. The van der Waals surface area contributed by atoms with E-state index in [1.54, 1.807) is 0 Å². The van der Waals surface area contributed by atoms with Crippen LogP contribution >= 0.6 is 15.6 Å². The molecule has 672 valence electrons. The van der Waals surface area contributed by atoms with E-state index in [2.05, 4.69) is 41.5 Å². The highest BCUT2D eigenvalue weighted by molar-refractivity contribution is 7.47. The standard InChI is InChI=1S/C94H184O17P2/c1-7-11-13-15-17-19-21-23-25-27-28-29-30-31-36-39-43-47-51-58-64-70-76-91(96)104-82-89(110-93(98)78-73-67-61-53-49-45-41-37-33-32-35-38-42-46-50-56-62-68-74-86(5)9-3)84-108-112(100,101)106-80-88(95)81-107-113(102,103)109-85-90(83-105-92(97)77-71-65-59-55-54-57-63-69-75-87(6)10-4)111-94(99)79-72-66-60-52-48-44-40-34-26-24-22-20-18-16-14-12-8-2/h86-90,95H,7-85H2,1-6H3,(H,100,101)(H,102,103)/t86?,87?,88-,89-,90-/m1/s1. The number of carbonyl (C=O) groups is 4. The Bertz CT molecular complexity index is 2150. The third kappa shape index (κ3) is 84.9. The number of carbonyl (C=O) groups excluding carboxylic acids is 4. The maximum absolute atomic E-state index is 13.2. The molecule has 0 aromatic heterocycles. The van der Waals surface area contributed by atoms with Gasteiger partial charge in [-0.05, 0) is 37.5 Å². The first kappa shape index (κ1) is 111. The van der Waals surface area contributed by atoms with E-state index in [9.17, 15) is 43.2 Å². The van der Waals surface area contributed by atoms with Crippen molar-refractivity contribution in [1.29, 1.82) is 0 Å². The zero-order chi connectivity index (χ0) is 82.7. The summed E-state index contributed by atoms with van der Waals surface area (Å²) >= 11 is 0. The van der Waals surface area contributed by atoms with Crippen LogP contribution in [0.1, 0.15) is 510 Å². The molecule has 0 aromatic carbocycles. The Kier molecular flexibility index (Phi) is 83.6. The molecule has 0 aliphatic heterocycles. The van der Waals surface area contributed by atoms with Gasteiger partial charge in [-0.3, -0.25) is 37.3 Å². The van der Waals surface area contributed by atoms with E-state index in [0.29, 0.717) is 25.7 Å². The number of hydrogen-bond acceptors (Lipinski definition) is 15. The minimum Gasteiger partial charge on any atom is -0.462 e. The molecule has 0 fully saturated rings. The van der Waals surface area contributed by atoms with Crippen LogP contribution in [-0.4, -0.2) is 96.7 Å². The molecular formula is C94H184O17P2. The van der Waals surface area contributed by atoms with Crippen LogP contribution in [0.2, 0.25) is 0 Å². The second-order valence-corrected chi connectivity index (χ2v) is 37.1. The second-order valence-electron chi connectivity index (χ2n) is 34.2. The summed E-state index contributed by atoms with van der Waals surface area (Å²) in [7, 11) is -9.94. The van der Waals surface area contributed by atoms with E-state index < -0.39 is 97.5 Å². The first-order chi connectivity index (χ1) is 54.9. The molecule has 0 aliphatic carbocycles. The van der Waals surface area contributed by atoms with Crippen LogP contribution in [0.25, 0.3) is 0 Å². The molecule has 0 spiro atoms. The molecule has 17 nitrogen and oxygen atoms in total. The first-order valence-electron chi connectivity index (χ1n) is 48.6. The molecule has 0 amide bonds. The van der Waals surface area contributed by atoms with Crippen molar-refractivity contribution in [2.45, 2.75) is 529 Å². The molecule has 0 saturated carbocycles. The van der Waals surface area contributed by atoms with Gasteiger partial charge in [0.2, 0.25) is 0 Å². The highest BCUT2D eigenvalue weighted by Gasteiger charge is 2.31. The van der Waals surface area contributed by atoms with Crippen LogP contribution in [0.5, 0.6) is 0 Å². The Balaban J connectivity index is 5.24. The van der Waals surface area contributed by atoms with Crippen molar-refractivity contribution in [3.63, 3.8) is 0 Å². The topological polar surface area (TPSA) is 237 Å². The summed E-state index contributed by atoms with van der Waals surface area (Å²) in [4.78, 5) is 73.5. The second kappa shape index (κ2) is 85.1. The fourth-order valence-electron chi connectivity index (χ4n) is 14.8. The van der Waals surface area contributed by atoms with Gasteiger partial charge in [-0.2, -0.15) is 0 Å². The summed E-state index contributed by atoms with van der Waals surface area (Å²) in [5, 5.41) is 10.7. The van der Waals surface area contributed by atoms with E-state index >= 15 is 0 Å². The zero-order valence-corrected chi connectivity index (χ0v) is 76.5. The maximum Gasteiger partial charge on any atom is 0.472 e. The van der Waals surface area contributed by atoms with E-state index in [-0.39, 0.29) is 25.7 Å². The van der Waals surface area contributed by atoms with Gasteiger partial charge >= 0.3 is 39.5 Å². The van der Waals surface area contributed by atoms with Gasteiger partial charge in [-0.15, -0.1) is 0 Å². The summed E-state index contributed by atoms with van der Waals surface area (Å²) < 4.78 is 69.2. The van der Waals surface area contributed by atoms with E-state index in [4.69, 9.17) is 37.0 Å². The molecule has 3 N–H and O–H groups in total. The van der Waals surface area contributed by atoms with Crippen LogP contribution in [0.3, 0.4) is 0 Å². The van der Waals surface area contributed by atoms with Crippen molar-refractivity contribution in [3.8, 4) is 0 Å². The molecule has 0 bridgehead atoms. The number of phosphoric acid groups is 2. The Hall–Kier alpha value is -1.94. The third-order valence-corrected chi connectivity index (χ3v) is 24.8. The largest absolute Gasteiger partial charge is 0.472 e. The first-order valence-corrected chi connectivity index (χ1v) is 51.6. The van der Waals surface area contributed by atoms with Gasteiger partial charge in [0.25, 0.3) is 0 Å². The zero-order valence-electron chi connectivity index (χ0n) is 74.7. The van der Waals surface area contributed by atoms with Crippen molar-refractivity contribution < 1.29 is 80.2 Å². The van der Waals surface area contributed by atoms with Crippen LogP contribution in [0.15, 0.2) is 0 Å². The Morgan fingerprint density at radius 1 is 0.248 bits per heavy atom. The Morgan fingerprint density at radius 2 is 0.425 bits per heavy atom. The van der Waals surface area contributed by atoms with Gasteiger partial charge in [0.15, 0.2) is 12.2 Å². The van der Waals surface area contributed by atoms with Gasteiger partial charge in [-0.25, -0.2) is 9.13 Å². The number of hydrogen-bond donors (Lipinski definition) is 3. The quantitative estimate of drug-likeness (QED) is 0.0222. The smallest absolute Gasteiger partial charge is 0.462 e. The lowest BCUT2D eigenvalue weighted by Gasteiger charge is -2.21. The highest BCUT2D eigenvalue weighted by atomic mass is 31.2. The summed E-state index contributed by atoms with van der Waals surface area (Å²) in [6, 6.07) is 0. The molecule has 4 unspecified atom stereocenters. The number of aliphatic hydroxyl groups excluding tert-OH is 1. The minimum atomic E-state index is -4.97. The third-order valence-electron chi connectivity index (χ3n) is 22.9. The lowest BCUT2D eigenvalue weighted by atomic mass is 9.99. The SMILES string of the molecule is CCCCCCCCCCCCCCCCCCCCCCCCC(=O)OC[C@H](COP(=O)(O)OC[C@@H](O)COP(=O)(O)OC[C@@H](COC(=O)CCCCCCCCCCC(C)CC)OC(=O)CCCCCCCCCCCCCCCCCCC)OC(=O)CCCCCCCCCCCCCCCCCCCCC(C)CC. The van der Waals surface area contributed by atoms with Crippen LogP contribution < -0.4 is 0 Å². The molecule has 0 aliphatic rings. The molecule has 19 heteroatoms. The number of ether oxygens (including phenoxy) is 4. The van der Waals surface area contributed by atoms with E-state index in [0.717, 1.165) is 102 Å². The lowest BCUT2D eigenvalue weighted by molar-refractivity contribution is -0.161. The van der Waals surface area contributed by atoms with Crippen molar-refractivity contribution in [1.82, 2.24) is 0 Å². The molecule has 0 aromatic rings. The van der Waals surface area contributed by atoms with Crippen molar-refractivity contribution in [3.05, 3.63) is 0 Å². The monoisotopic (exact) mass is 1650 g/mol. The number of esters is 4. The van der Waals surface area contributed by atoms with Crippen molar-refractivity contribution >= 4 is 39.5 Å². The van der Waals surface area contributed by atoms with Crippen molar-refractivity contribution in [2.24, 2.45) is 11.8 Å². The molecule has 7 atom stereocenters. The van der Waals surface area contributed by atoms with Gasteiger partial charge in [-0.1, -0.05) is 459 Å². The number of aliphatic hydroxyl groups is 1. The van der Waals surface area contributed by atoms with Crippen LogP contribution in [0.4, 0.5) is 0 Å². The summed E-state index contributed by atoms with van der Waals surface area (Å²) in [5.41, 5.74) is 0. The molecule has 0 saturated heterocycles. The normalized spacial score (nSPS) is 14.2. The summed E-state index contributed by atoms with van der Waals surface area (Å²) in [6.07, 6.45) is 80.6. The molecule has 0 rings (SSSR count). The van der Waals surface area contributed by atoms with E-state index in [1.165, 1.54) is 327 Å². The van der Waals surface area contributed by atoms with Gasteiger partial charge in [0.1, 0.15) is 19.3 Å². The van der Waals surface area contributed by atoms with Gasteiger partial charge < -0.3 is 33.8 Å².